The van der Waals surface area contributed by atoms with Crippen molar-refractivity contribution in [3.8, 4) is 28.3 Å². The second-order valence-corrected chi connectivity index (χ2v) is 6.07. The number of hydrogen-bond donors (Lipinski definition) is 1. The number of hydrogen-bond acceptors (Lipinski definition) is 4. The van der Waals surface area contributed by atoms with E-state index in [0.717, 1.165) is 33.5 Å². The Labute approximate surface area is 149 Å². The summed E-state index contributed by atoms with van der Waals surface area (Å²) in [5.41, 5.74) is 5.18. The van der Waals surface area contributed by atoms with Crippen LogP contribution in [0, 0.1) is 0 Å². The van der Waals surface area contributed by atoms with Crippen LogP contribution in [0.25, 0.3) is 39.1 Å². The third-order valence-electron chi connectivity index (χ3n) is 4.47. The van der Waals surface area contributed by atoms with Crippen molar-refractivity contribution in [2.24, 2.45) is 0 Å². The van der Waals surface area contributed by atoms with Crippen LogP contribution in [0.3, 0.4) is 0 Å². The molecule has 5 nitrogen and oxygen atoms in total. The van der Waals surface area contributed by atoms with Gasteiger partial charge >= 0.3 is 0 Å². The lowest BCUT2D eigenvalue weighted by molar-refractivity contribution is 0.480. The van der Waals surface area contributed by atoms with Crippen LogP contribution in [-0.2, 0) is 0 Å². The molecule has 0 aliphatic carbocycles. The lowest BCUT2D eigenvalue weighted by atomic mass is 10.1. The van der Waals surface area contributed by atoms with Crippen molar-refractivity contribution >= 4 is 16.6 Å². The number of aromatic nitrogens is 4. The Hall–Kier alpha value is -3.73. The first-order valence-electron chi connectivity index (χ1n) is 8.26. The highest BCUT2D eigenvalue weighted by atomic mass is 16.3. The predicted octanol–water partition coefficient (Wildman–Crippen LogP) is 4.32. The molecule has 0 atom stereocenters. The number of nitrogens with zero attached hydrogens (tertiary/aromatic N) is 4. The fraction of sp³-hybridized carbons (Fsp3) is 0. The molecule has 1 aromatic carbocycles. The average molecular weight is 338 g/mol. The van der Waals surface area contributed by atoms with Gasteiger partial charge in [-0.3, -0.25) is 9.38 Å². The van der Waals surface area contributed by atoms with E-state index in [1.54, 1.807) is 18.5 Å². The van der Waals surface area contributed by atoms with Crippen LogP contribution in [-0.4, -0.2) is 24.5 Å². The fourth-order valence-corrected chi connectivity index (χ4v) is 3.16. The summed E-state index contributed by atoms with van der Waals surface area (Å²) < 4.78 is 1.99. The van der Waals surface area contributed by atoms with Gasteiger partial charge in [-0.1, -0.05) is 24.3 Å². The van der Waals surface area contributed by atoms with E-state index < -0.39 is 0 Å². The minimum atomic E-state index is 0.178. The molecule has 0 fully saturated rings. The van der Waals surface area contributed by atoms with Crippen LogP contribution < -0.4 is 0 Å². The standard InChI is InChI=1S/C21H14N4O/c26-19-5-1-3-14-6-7-17(24-21(14)19)18-13-23-20-11-15(8-10-25(18)20)16-4-2-9-22-12-16/h1-13,26H. The largest absolute Gasteiger partial charge is 0.506 e. The van der Waals surface area contributed by atoms with Gasteiger partial charge in [0, 0.05) is 29.5 Å². The van der Waals surface area contributed by atoms with Crippen LogP contribution in [0.2, 0.25) is 0 Å². The molecule has 5 heteroatoms. The van der Waals surface area contributed by atoms with Crippen LogP contribution >= 0.6 is 0 Å². The number of imidazole rings is 1. The number of rotatable bonds is 2. The van der Waals surface area contributed by atoms with Crippen molar-refractivity contribution in [2.75, 3.05) is 0 Å². The molecule has 26 heavy (non-hydrogen) atoms. The monoisotopic (exact) mass is 338 g/mol. The van der Waals surface area contributed by atoms with Crippen molar-refractivity contribution < 1.29 is 5.11 Å². The SMILES string of the molecule is Oc1cccc2ccc(-c3cnc4cc(-c5cccnc5)ccn34)nc12. The Kier molecular flexibility index (Phi) is 3.18. The molecule has 5 rings (SSSR count). The Balaban J connectivity index is 1.65. The third kappa shape index (κ3) is 2.29. The van der Waals surface area contributed by atoms with Gasteiger partial charge in [-0.25, -0.2) is 9.97 Å². The number of benzene rings is 1. The van der Waals surface area contributed by atoms with Crippen molar-refractivity contribution in [3.05, 3.63) is 79.4 Å². The van der Waals surface area contributed by atoms with E-state index in [1.807, 2.05) is 65.3 Å². The first-order valence-corrected chi connectivity index (χ1v) is 8.26. The van der Waals surface area contributed by atoms with Gasteiger partial charge in [0.2, 0.25) is 0 Å². The zero-order chi connectivity index (χ0) is 17.5. The normalized spacial score (nSPS) is 11.2. The van der Waals surface area contributed by atoms with E-state index in [9.17, 15) is 5.11 Å². The highest BCUT2D eigenvalue weighted by molar-refractivity contribution is 5.86. The van der Waals surface area contributed by atoms with Crippen molar-refractivity contribution in [1.29, 1.82) is 0 Å². The maximum Gasteiger partial charge on any atom is 0.141 e. The van der Waals surface area contributed by atoms with Gasteiger partial charge in [-0.2, -0.15) is 0 Å². The lowest BCUT2D eigenvalue weighted by Gasteiger charge is -2.06. The quantitative estimate of drug-likeness (QED) is 0.521. The fourth-order valence-electron chi connectivity index (χ4n) is 3.16. The summed E-state index contributed by atoms with van der Waals surface area (Å²) in [6.45, 7) is 0. The number of pyridine rings is 3. The summed E-state index contributed by atoms with van der Waals surface area (Å²) in [5.74, 6) is 0.178. The van der Waals surface area contributed by atoms with E-state index in [1.165, 1.54) is 0 Å². The first kappa shape index (κ1) is 14.6. The van der Waals surface area contributed by atoms with E-state index >= 15 is 0 Å². The number of aromatic hydroxyl groups is 1. The van der Waals surface area contributed by atoms with Gasteiger partial charge < -0.3 is 5.11 Å². The Morgan fingerprint density at radius 1 is 0.885 bits per heavy atom. The van der Waals surface area contributed by atoms with Gasteiger partial charge in [0.15, 0.2) is 0 Å². The maximum absolute atomic E-state index is 10.1. The summed E-state index contributed by atoms with van der Waals surface area (Å²) in [4.78, 5) is 13.3. The highest BCUT2D eigenvalue weighted by Gasteiger charge is 2.10. The molecule has 0 saturated carbocycles. The highest BCUT2D eigenvalue weighted by Crippen LogP contribution is 2.28. The minimum Gasteiger partial charge on any atom is -0.506 e. The topological polar surface area (TPSA) is 63.3 Å². The van der Waals surface area contributed by atoms with Gasteiger partial charge in [0.05, 0.1) is 17.6 Å². The maximum atomic E-state index is 10.1. The average Bonchev–Trinajstić information content (AvgIpc) is 3.12. The first-order chi connectivity index (χ1) is 12.8. The van der Waals surface area contributed by atoms with Gasteiger partial charge in [-0.15, -0.1) is 0 Å². The van der Waals surface area contributed by atoms with Crippen LogP contribution in [0.4, 0.5) is 0 Å². The van der Waals surface area contributed by atoms with Crippen LogP contribution in [0.15, 0.2) is 79.4 Å². The molecule has 0 aliphatic heterocycles. The molecule has 0 radical (unpaired) electrons. The second-order valence-electron chi connectivity index (χ2n) is 6.07. The predicted molar refractivity (Wildman–Crippen MR) is 101 cm³/mol. The minimum absolute atomic E-state index is 0.178. The van der Waals surface area contributed by atoms with Crippen molar-refractivity contribution in [2.45, 2.75) is 0 Å². The Morgan fingerprint density at radius 2 is 1.85 bits per heavy atom. The lowest BCUT2D eigenvalue weighted by Crippen LogP contribution is -1.92. The van der Waals surface area contributed by atoms with Crippen LogP contribution in [0.5, 0.6) is 5.75 Å². The van der Waals surface area contributed by atoms with Gasteiger partial charge in [0.25, 0.3) is 0 Å². The Morgan fingerprint density at radius 3 is 2.73 bits per heavy atom. The molecule has 0 saturated heterocycles. The second kappa shape index (κ2) is 5.67. The van der Waals surface area contributed by atoms with E-state index in [4.69, 9.17) is 0 Å². The number of fused-ring (bicyclic) bond motifs is 2. The molecule has 0 spiro atoms. The zero-order valence-corrected chi connectivity index (χ0v) is 13.7. The molecule has 0 amide bonds. The van der Waals surface area contributed by atoms with Crippen LogP contribution in [0.1, 0.15) is 0 Å². The zero-order valence-electron chi connectivity index (χ0n) is 13.7. The molecule has 1 N–H and O–H groups in total. The third-order valence-corrected chi connectivity index (χ3v) is 4.47. The van der Waals surface area contributed by atoms with Crippen molar-refractivity contribution in [1.82, 2.24) is 19.4 Å². The molecule has 4 aromatic heterocycles. The molecule has 124 valence electrons. The molecular formula is C21H14N4O. The smallest absolute Gasteiger partial charge is 0.141 e. The summed E-state index contributed by atoms with van der Waals surface area (Å²) >= 11 is 0. The number of para-hydroxylation sites is 1. The molecule has 4 heterocycles. The molecule has 0 unspecified atom stereocenters. The summed E-state index contributed by atoms with van der Waals surface area (Å²) in [6.07, 6.45) is 7.38. The summed E-state index contributed by atoms with van der Waals surface area (Å²) in [5, 5.41) is 11.0. The van der Waals surface area contributed by atoms with Gasteiger partial charge in [0.1, 0.15) is 16.9 Å². The molecule has 0 aliphatic rings. The van der Waals surface area contributed by atoms with E-state index in [0.29, 0.717) is 5.52 Å². The molecule has 5 aromatic rings. The van der Waals surface area contributed by atoms with Gasteiger partial charge in [-0.05, 0) is 35.9 Å². The van der Waals surface area contributed by atoms with E-state index in [2.05, 4.69) is 15.0 Å². The molecule has 0 bridgehead atoms. The van der Waals surface area contributed by atoms with E-state index in [-0.39, 0.29) is 5.75 Å². The van der Waals surface area contributed by atoms with Crippen molar-refractivity contribution in [3.63, 3.8) is 0 Å². The summed E-state index contributed by atoms with van der Waals surface area (Å²) in [6, 6.07) is 17.3. The number of phenols is 1. The Bertz CT molecular complexity index is 1250. The number of phenolic OH excluding ortho intramolecular Hbond substituents is 1. The summed E-state index contributed by atoms with van der Waals surface area (Å²) in [7, 11) is 0. The molecular weight excluding hydrogens is 324 g/mol.